The topological polar surface area (TPSA) is 69.6 Å². The van der Waals surface area contributed by atoms with Gasteiger partial charge < -0.3 is 5.73 Å². The Balaban J connectivity index is 2.35. The van der Waals surface area contributed by atoms with E-state index in [4.69, 9.17) is 5.73 Å². The highest BCUT2D eigenvalue weighted by Crippen LogP contribution is 2.21. The molecule has 0 aliphatic rings. The quantitative estimate of drug-likeness (QED) is 0.926. The smallest absolute Gasteiger partial charge is 0.165 e. The van der Waals surface area contributed by atoms with Gasteiger partial charge in [0.15, 0.2) is 5.82 Å². The Labute approximate surface area is 102 Å². The molecule has 0 amide bonds. The van der Waals surface area contributed by atoms with Crippen LogP contribution in [0.5, 0.6) is 0 Å². The van der Waals surface area contributed by atoms with Crippen LogP contribution in [-0.2, 0) is 6.54 Å². The predicted octanol–water partition coefficient (Wildman–Crippen LogP) is 1.50. The van der Waals surface area contributed by atoms with Crippen LogP contribution in [0.25, 0.3) is 0 Å². The highest BCUT2D eigenvalue weighted by molar-refractivity contribution is 9.10. The molecule has 1 aromatic heterocycles. The Morgan fingerprint density at radius 1 is 1.50 bits per heavy atom. The van der Waals surface area contributed by atoms with Crippen molar-refractivity contribution >= 4 is 15.9 Å². The fourth-order valence-electron chi connectivity index (χ4n) is 1.56. The van der Waals surface area contributed by atoms with Crippen LogP contribution in [0, 0.1) is 0 Å². The van der Waals surface area contributed by atoms with Crippen molar-refractivity contribution in [3.05, 3.63) is 40.1 Å². The summed E-state index contributed by atoms with van der Waals surface area (Å²) in [4.78, 5) is 0. The second kappa shape index (κ2) is 4.71. The van der Waals surface area contributed by atoms with E-state index in [1.165, 1.54) is 0 Å². The van der Waals surface area contributed by atoms with Crippen LogP contribution in [0.4, 0.5) is 0 Å². The maximum atomic E-state index is 5.57. The summed E-state index contributed by atoms with van der Waals surface area (Å²) >= 11 is 3.44. The monoisotopic (exact) mass is 281 g/mol. The number of rotatable bonds is 3. The maximum absolute atomic E-state index is 5.57. The van der Waals surface area contributed by atoms with E-state index in [1.807, 2.05) is 31.2 Å². The lowest BCUT2D eigenvalue weighted by Crippen LogP contribution is -2.15. The molecule has 0 saturated carbocycles. The van der Waals surface area contributed by atoms with Crippen molar-refractivity contribution < 1.29 is 0 Å². The van der Waals surface area contributed by atoms with Gasteiger partial charge in [-0.15, -0.1) is 5.10 Å². The third-order valence-corrected chi connectivity index (χ3v) is 2.93. The van der Waals surface area contributed by atoms with E-state index in [1.54, 1.807) is 4.68 Å². The van der Waals surface area contributed by atoms with E-state index in [2.05, 4.69) is 31.5 Å². The number of nitrogens with zero attached hydrogens (tertiary/aromatic N) is 4. The second-order valence-corrected chi connectivity index (χ2v) is 4.39. The summed E-state index contributed by atoms with van der Waals surface area (Å²) in [6.45, 7) is 2.38. The summed E-state index contributed by atoms with van der Waals surface area (Å²) in [5.41, 5.74) is 6.70. The Kier molecular flexibility index (Phi) is 3.31. The van der Waals surface area contributed by atoms with E-state index in [0.29, 0.717) is 12.4 Å². The molecule has 2 N–H and O–H groups in total. The first kappa shape index (κ1) is 11.2. The molecular weight excluding hydrogens is 270 g/mol. The minimum Gasteiger partial charge on any atom is -0.324 e. The van der Waals surface area contributed by atoms with Gasteiger partial charge in [0.1, 0.15) is 0 Å². The van der Waals surface area contributed by atoms with Crippen LogP contribution in [0.2, 0.25) is 0 Å². The molecule has 84 valence electrons. The molecule has 16 heavy (non-hydrogen) atoms. The highest BCUT2D eigenvalue weighted by Gasteiger charge is 2.13. The van der Waals surface area contributed by atoms with Crippen LogP contribution in [0.1, 0.15) is 24.4 Å². The molecule has 1 aromatic carbocycles. The lowest BCUT2D eigenvalue weighted by Gasteiger charge is -2.13. The van der Waals surface area contributed by atoms with E-state index in [9.17, 15) is 0 Å². The van der Waals surface area contributed by atoms with Crippen molar-refractivity contribution in [3.8, 4) is 0 Å². The molecule has 0 spiro atoms. The molecule has 1 atom stereocenters. The van der Waals surface area contributed by atoms with Crippen molar-refractivity contribution in [2.75, 3.05) is 0 Å². The summed E-state index contributed by atoms with van der Waals surface area (Å²) in [7, 11) is 0. The third kappa shape index (κ3) is 2.12. The van der Waals surface area contributed by atoms with Crippen LogP contribution >= 0.6 is 15.9 Å². The minimum atomic E-state index is 0.0750. The molecule has 0 fully saturated rings. The number of benzene rings is 1. The van der Waals surface area contributed by atoms with Crippen molar-refractivity contribution in [1.29, 1.82) is 0 Å². The zero-order valence-corrected chi connectivity index (χ0v) is 10.4. The summed E-state index contributed by atoms with van der Waals surface area (Å²) in [5.74, 6) is 0.687. The van der Waals surface area contributed by atoms with Crippen molar-refractivity contribution in [2.45, 2.75) is 19.5 Å². The first-order valence-electron chi connectivity index (χ1n) is 4.94. The van der Waals surface area contributed by atoms with E-state index in [-0.39, 0.29) is 6.04 Å². The summed E-state index contributed by atoms with van der Waals surface area (Å²) in [5, 5.41) is 11.5. The zero-order chi connectivity index (χ0) is 11.5. The van der Waals surface area contributed by atoms with Gasteiger partial charge in [-0.25, -0.2) is 4.68 Å². The molecule has 2 aromatic rings. The van der Waals surface area contributed by atoms with E-state index < -0.39 is 0 Å². The number of aromatic nitrogens is 4. The van der Waals surface area contributed by atoms with Crippen molar-refractivity contribution in [3.63, 3.8) is 0 Å². The molecule has 0 bridgehead atoms. The number of hydrogen-bond donors (Lipinski definition) is 1. The van der Waals surface area contributed by atoms with Gasteiger partial charge in [0.25, 0.3) is 0 Å². The van der Waals surface area contributed by atoms with E-state index in [0.717, 1.165) is 10.0 Å². The standard InChI is InChI=1S/C10H12BrN5/c1-7(8-3-2-4-9(11)5-8)16-10(6-12)13-14-15-16/h2-5,7H,6,12H2,1H3. The lowest BCUT2D eigenvalue weighted by atomic mass is 10.1. The summed E-state index contributed by atoms with van der Waals surface area (Å²) in [6, 6.07) is 8.14. The second-order valence-electron chi connectivity index (χ2n) is 3.47. The van der Waals surface area contributed by atoms with Gasteiger partial charge in [0.05, 0.1) is 12.6 Å². The average molecular weight is 282 g/mol. The normalized spacial score (nSPS) is 12.7. The van der Waals surface area contributed by atoms with Gasteiger partial charge >= 0.3 is 0 Å². The number of nitrogens with two attached hydrogens (primary N) is 1. The van der Waals surface area contributed by atoms with Crippen LogP contribution in [-0.4, -0.2) is 20.2 Å². The first-order chi connectivity index (χ1) is 7.72. The minimum absolute atomic E-state index is 0.0750. The Hall–Kier alpha value is -1.27. The van der Waals surface area contributed by atoms with Crippen LogP contribution in [0.15, 0.2) is 28.7 Å². The van der Waals surface area contributed by atoms with Gasteiger partial charge in [-0.05, 0) is 35.0 Å². The third-order valence-electron chi connectivity index (χ3n) is 2.44. The fraction of sp³-hybridized carbons (Fsp3) is 0.300. The molecule has 1 unspecified atom stereocenters. The molecular formula is C10H12BrN5. The molecule has 1 heterocycles. The maximum Gasteiger partial charge on any atom is 0.165 e. The van der Waals surface area contributed by atoms with Crippen LogP contribution in [0.3, 0.4) is 0 Å². The first-order valence-corrected chi connectivity index (χ1v) is 5.74. The van der Waals surface area contributed by atoms with Gasteiger partial charge in [0, 0.05) is 4.47 Å². The molecule has 6 heteroatoms. The predicted molar refractivity (Wildman–Crippen MR) is 63.7 cm³/mol. The SMILES string of the molecule is CC(c1cccc(Br)c1)n1nnnc1CN. The van der Waals surface area contributed by atoms with Crippen molar-refractivity contribution in [1.82, 2.24) is 20.2 Å². The molecule has 0 aliphatic heterocycles. The molecule has 0 saturated heterocycles. The highest BCUT2D eigenvalue weighted by atomic mass is 79.9. The average Bonchev–Trinajstić information content (AvgIpc) is 2.76. The molecule has 2 rings (SSSR count). The zero-order valence-electron chi connectivity index (χ0n) is 8.84. The largest absolute Gasteiger partial charge is 0.324 e. The Morgan fingerprint density at radius 3 is 3.00 bits per heavy atom. The van der Waals surface area contributed by atoms with Gasteiger partial charge in [0.2, 0.25) is 0 Å². The summed E-state index contributed by atoms with van der Waals surface area (Å²) < 4.78 is 2.78. The Morgan fingerprint density at radius 2 is 2.31 bits per heavy atom. The van der Waals surface area contributed by atoms with Gasteiger partial charge in [-0.2, -0.15) is 0 Å². The number of hydrogen-bond acceptors (Lipinski definition) is 4. The lowest BCUT2D eigenvalue weighted by molar-refractivity contribution is 0.521. The molecule has 0 aliphatic carbocycles. The number of halogens is 1. The Bertz CT molecular complexity index is 482. The molecule has 5 nitrogen and oxygen atoms in total. The summed E-state index contributed by atoms with van der Waals surface area (Å²) in [6.07, 6.45) is 0. The molecule has 0 radical (unpaired) electrons. The van der Waals surface area contributed by atoms with E-state index >= 15 is 0 Å². The van der Waals surface area contributed by atoms with Gasteiger partial charge in [-0.1, -0.05) is 28.1 Å². The van der Waals surface area contributed by atoms with Crippen LogP contribution < -0.4 is 5.73 Å². The van der Waals surface area contributed by atoms with Gasteiger partial charge in [-0.3, -0.25) is 0 Å². The van der Waals surface area contributed by atoms with Crippen molar-refractivity contribution in [2.24, 2.45) is 5.73 Å². The fourth-order valence-corrected chi connectivity index (χ4v) is 1.97. The number of tetrazole rings is 1.